The lowest BCUT2D eigenvalue weighted by molar-refractivity contribution is 0.0647. The molecule has 0 N–H and O–H groups in total. The summed E-state index contributed by atoms with van der Waals surface area (Å²) in [6, 6.07) is 16.5. The van der Waals surface area contributed by atoms with Crippen LogP contribution in [0.25, 0.3) is 11.4 Å². The van der Waals surface area contributed by atoms with Crippen LogP contribution in [0.3, 0.4) is 0 Å². The smallest absolute Gasteiger partial charge is 0.256 e. The highest BCUT2D eigenvalue weighted by Crippen LogP contribution is 2.44. The number of amides is 1. The number of aromatic nitrogens is 3. The lowest BCUT2D eigenvalue weighted by Gasteiger charge is -2.38. The van der Waals surface area contributed by atoms with Crippen molar-refractivity contribution >= 4 is 5.91 Å². The summed E-state index contributed by atoms with van der Waals surface area (Å²) in [5.74, 6) is 0.603. The molecule has 0 unspecified atom stereocenters. The molecule has 6 nitrogen and oxygen atoms in total. The Morgan fingerprint density at radius 1 is 1.06 bits per heavy atom. The molecule has 1 saturated carbocycles. The number of rotatable bonds is 5. The summed E-state index contributed by atoms with van der Waals surface area (Å²) in [7, 11) is 0. The first-order valence-electron chi connectivity index (χ1n) is 11.2. The molecule has 6 heteroatoms. The predicted octanol–water partition coefficient (Wildman–Crippen LogP) is 4.40. The Bertz CT molecular complexity index is 1160. The number of hydrogen-bond acceptors (Lipinski definition) is 5. The SMILES string of the molecule is N#CC1(Cc2ccccc2C2CC2)CCN(C(=O)c2cccnc2-c2ccncn2)CC1. The minimum absolute atomic E-state index is 0.0587. The van der Waals surface area contributed by atoms with Crippen molar-refractivity contribution in [2.45, 2.75) is 38.0 Å². The highest BCUT2D eigenvalue weighted by Gasteiger charge is 2.38. The van der Waals surface area contributed by atoms with E-state index in [0.717, 1.165) is 6.42 Å². The number of piperidine rings is 1. The van der Waals surface area contributed by atoms with Crippen LogP contribution in [-0.2, 0) is 6.42 Å². The molecule has 2 aromatic heterocycles. The number of carbonyl (C=O) groups excluding carboxylic acids is 1. The molecular formula is C26H25N5O. The maximum atomic E-state index is 13.4. The third-order valence-corrected chi connectivity index (χ3v) is 6.71. The number of nitriles is 1. The van der Waals surface area contributed by atoms with Gasteiger partial charge >= 0.3 is 0 Å². The standard InChI is InChI=1S/C26H25N5O/c27-17-26(16-20-4-1-2-5-21(20)19-7-8-19)10-14-31(15-11-26)25(32)22-6-3-12-29-24(22)23-9-13-28-18-30-23/h1-6,9,12-13,18-19H,7-8,10-11,14-16H2. The van der Waals surface area contributed by atoms with Gasteiger partial charge in [0.2, 0.25) is 0 Å². The molecule has 2 fully saturated rings. The molecule has 160 valence electrons. The van der Waals surface area contributed by atoms with E-state index in [1.165, 1.54) is 30.3 Å². The first-order chi connectivity index (χ1) is 15.7. The number of nitrogens with zero attached hydrogens (tertiary/aromatic N) is 5. The van der Waals surface area contributed by atoms with E-state index in [0.29, 0.717) is 48.8 Å². The van der Waals surface area contributed by atoms with Gasteiger partial charge in [0.15, 0.2) is 0 Å². The van der Waals surface area contributed by atoms with Crippen LogP contribution in [0.15, 0.2) is 61.2 Å². The van der Waals surface area contributed by atoms with Crippen molar-refractivity contribution in [1.82, 2.24) is 19.9 Å². The van der Waals surface area contributed by atoms with E-state index in [2.05, 4.69) is 45.3 Å². The summed E-state index contributed by atoms with van der Waals surface area (Å²) in [6.45, 7) is 1.13. The molecule has 1 aliphatic carbocycles. The Labute approximate surface area is 188 Å². The fourth-order valence-electron chi connectivity index (χ4n) is 4.70. The molecule has 0 atom stereocenters. The number of carbonyl (C=O) groups is 1. The average Bonchev–Trinajstić information content (AvgIpc) is 3.70. The van der Waals surface area contributed by atoms with Crippen molar-refractivity contribution in [2.75, 3.05) is 13.1 Å². The lowest BCUT2D eigenvalue weighted by Crippen LogP contribution is -2.43. The van der Waals surface area contributed by atoms with Crippen molar-refractivity contribution in [3.63, 3.8) is 0 Å². The minimum Gasteiger partial charge on any atom is -0.338 e. The monoisotopic (exact) mass is 423 g/mol. The Kier molecular flexibility index (Phi) is 5.40. The third-order valence-electron chi connectivity index (χ3n) is 6.71. The van der Waals surface area contributed by atoms with Crippen molar-refractivity contribution in [1.29, 1.82) is 5.26 Å². The van der Waals surface area contributed by atoms with Gasteiger partial charge in [-0.3, -0.25) is 9.78 Å². The quantitative estimate of drug-likeness (QED) is 0.607. The van der Waals surface area contributed by atoms with Crippen LogP contribution in [0.1, 0.15) is 53.1 Å². The number of likely N-dealkylation sites (tertiary alicyclic amines) is 1. The summed E-state index contributed by atoms with van der Waals surface area (Å²) < 4.78 is 0. The summed E-state index contributed by atoms with van der Waals surface area (Å²) in [6.07, 6.45) is 9.39. The molecule has 1 saturated heterocycles. The van der Waals surface area contributed by atoms with Gasteiger partial charge < -0.3 is 4.90 Å². The van der Waals surface area contributed by atoms with Gasteiger partial charge in [0.1, 0.15) is 12.0 Å². The zero-order chi connectivity index (χ0) is 22.0. The fourth-order valence-corrected chi connectivity index (χ4v) is 4.70. The highest BCUT2D eigenvalue weighted by atomic mass is 16.2. The van der Waals surface area contributed by atoms with Crippen LogP contribution in [0.4, 0.5) is 0 Å². The van der Waals surface area contributed by atoms with Gasteiger partial charge in [0.05, 0.1) is 22.7 Å². The predicted molar refractivity (Wildman–Crippen MR) is 121 cm³/mol. The van der Waals surface area contributed by atoms with E-state index in [1.54, 1.807) is 30.6 Å². The van der Waals surface area contributed by atoms with Gasteiger partial charge in [-0.15, -0.1) is 0 Å². The average molecular weight is 424 g/mol. The molecule has 5 rings (SSSR count). The van der Waals surface area contributed by atoms with E-state index < -0.39 is 5.41 Å². The van der Waals surface area contributed by atoms with Crippen molar-refractivity contribution < 1.29 is 4.79 Å². The topological polar surface area (TPSA) is 82.8 Å². The van der Waals surface area contributed by atoms with Crippen LogP contribution in [0.2, 0.25) is 0 Å². The Morgan fingerprint density at radius 2 is 1.88 bits per heavy atom. The number of pyridine rings is 1. The molecule has 0 radical (unpaired) electrons. The van der Waals surface area contributed by atoms with Gasteiger partial charge in [0.25, 0.3) is 5.91 Å². The summed E-state index contributed by atoms with van der Waals surface area (Å²) in [4.78, 5) is 27.8. The van der Waals surface area contributed by atoms with Crippen LogP contribution in [-0.4, -0.2) is 38.8 Å². The Balaban J connectivity index is 1.33. The first kappa shape index (κ1) is 20.3. The van der Waals surface area contributed by atoms with Gasteiger partial charge in [-0.2, -0.15) is 5.26 Å². The Hall–Kier alpha value is -3.59. The van der Waals surface area contributed by atoms with E-state index in [4.69, 9.17) is 0 Å². The Morgan fingerprint density at radius 3 is 2.59 bits per heavy atom. The normalized spacial score (nSPS) is 17.5. The van der Waals surface area contributed by atoms with Crippen molar-refractivity contribution in [2.24, 2.45) is 5.41 Å². The van der Waals surface area contributed by atoms with Crippen molar-refractivity contribution in [3.05, 3.63) is 77.9 Å². The van der Waals surface area contributed by atoms with Crippen LogP contribution >= 0.6 is 0 Å². The molecule has 1 aromatic carbocycles. The van der Waals surface area contributed by atoms with Gasteiger partial charge in [-0.05, 0) is 67.3 Å². The van der Waals surface area contributed by atoms with E-state index in [1.807, 2.05) is 4.90 Å². The zero-order valence-corrected chi connectivity index (χ0v) is 17.9. The number of benzene rings is 1. The van der Waals surface area contributed by atoms with Gasteiger partial charge in [-0.25, -0.2) is 9.97 Å². The molecule has 0 spiro atoms. The van der Waals surface area contributed by atoms with E-state index >= 15 is 0 Å². The number of hydrogen-bond donors (Lipinski definition) is 0. The summed E-state index contributed by atoms with van der Waals surface area (Å²) in [5, 5.41) is 10.1. The van der Waals surface area contributed by atoms with Gasteiger partial charge in [0, 0.05) is 25.5 Å². The maximum Gasteiger partial charge on any atom is 0.256 e. The van der Waals surface area contributed by atoms with Gasteiger partial charge in [-0.1, -0.05) is 24.3 Å². The maximum absolute atomic E-state index is 13.4. The van der Waals surface area contributed by atoms with Crippen molar-refractivity contribution in [3.8, 4) is 17.5 Å². The molecule has 32 heavy (non-hydrogen) atoms. The van der Waals surface area contributed by atoms with E-state index in [9.17, 15) is 10.1 Å². The molecule has 0 bridgehead atoms. The molecule has 1 aliphatic heterocycles. The fraction of sp³-hybridized carbons (Fsp3) is 0.346. The first-order valence-corrected chi connectivity index (χ1v) is 11.2. The largest absolute Gasteiger partial charge is 0.338 e. The second kappa shape index (κ2) is 8.51. The second-order valence-corrected chi connectivity index (χ2v) is 8.83. The third kappa shape index (κ3) is 3.99. The van der Waals surface area contributed by atoms with E-state index in [-0.39, 0.29) is 5.91 Å². The summed E-state index contributed by atoms with van der Waals surface area (Å²) in [5.41, 5.74) is 4.01. The minimum atomic E-state index is -0.424. The van der Waals surface area contributed by atoms with Crippen LogP contribution in [0.5, 0.6) is 0 Å². The molecule has 3 aromatic rings. The highest BCUT2D eigenvalue weighted by molar-refractivity contribution is 5.99. The van der Waals surface area contributed by atoms with Crippen LogP contribution < -0.4 is 0 Å². The molecular weight excluding hydrogens is 398 g/mol. The lowest BCUT2D eigenvalue weighted by atomic mass is 9.74. The van der Waals surface area contributed by atoms with Crippen LogP contribution in [0, 0.1) is 16.7 Å². The molecule has 3 heterocycles. The second-order valence-electron chi connectivity index (χ2n) is 8.83. The zero-order valence-electron chi connectivity index (χ0n) is 17.9. The summed E-state index contributed by atoms with van der Waals surface area (Å²) >= 11 is 0. The molecule has 1 amide bonds. The molecule has 2 aliphatic rings.